The smallest absolute Gasteiger partial charge is 0.255 e. The van der Waals surface area contributed by atoms with Gasteiger partial charge in [-0.1, -0.05) is 86.6 Å². The van der Waals surface area contributed by atoms with Gasteiger partial charge >= 0.3 is 0 Å². The zero-order chi connectivity index (χ0) is 32.3. The summed E-state index contributed by atoms with van der Waals surface area (Å²) in [7, 11) is 3.32. The largest absolute Gasteiger partial charge is 0.493 e. The van der Waals surface area contributed by atoms with Gasteiger partial charge in [0.25, 0.3) is 5.91 Å². The molecule has 242 valence electrons. The number of carbonyl (C=O) groups excluding carboxylic acids is 1. The van der Waals surface area contributed by atoms with Gasteiger partial charge in [-0.15, -0.1) is 0 Å². The number of rotatable bonds is 17. The Morgan fingerprint density at radius 1 is 0.739 bits per heavy atom. The zero-order valence-electron chi connectivity index (χ0n) is 28.0. The summed E-state index contributed by atoms with van der Waals surface area (Å²) in [4.78, 5) is 21.3. The quantitative estimate of drug-likeness (QED) is 0.119. The zero-order valence-corrected chi connectivity index (χ0v) is 28.0. The summed E-state index contributed by atoms with van der Waals surface area (Å²) >= 11 is 0. The fraction of sp³-hybridized carbons (Fsp3) is 0.375. The lowest BCUT2D eigenvalue weighted by Gasteiger charge is -2.31. The number of hydrogen-bond acceptors (Lipinski definition) is 5. The van der Waals surface area contributed by atoms with Crippen LogP contribution in [-0.4, -0.2) is 49.6 Å². The van der Waals surface area contributed by atoms with Crippen LogP contribution in [0.5, 0.6) is 11.5 Å². The SMILES string of the molecule is CCCN(CCC)c1cccc2c1CN([C@H](CCCN(Cc1ccccc1)Cc1ccccc1)c1ccc(OC)c(OC)c1)C2=O. The molecular formula is C40H49N3O3. The number of methoxy groups -OCH3 is 2. The predicted octanol–water partition coefficient (Wildman–Crippen LogP) is 8.51. The van der Waals surface area contributed by atoms with E-state index in [0.29, 0.717) is 18.0 Å². The average molecular weight is 620 g/mol. The molecule has 6 nitrogen and oxygen atoms in total. The Morgan fingerprint density at radius 2 is 1.37 bits per heavy atom. The van der Waals surface area contributed by atoms with Gasteiger partial charge in [-0.2, -0.15) is 0 Å². The minimum atomic E-state index is -0.103. The van der Waals surface area contributed by atoms with Gasteiger partial charge in [0.2, 0.25) is 0 Å². The summed E-state index contributed by atoms with van der Waals surface area (Å²) in [5.74, 6) is 1.48. The van der Waals surface area contributed by atoms with Gasteiger partial charge in [-0.25, -0.2) is 0 Å². The molecule has 5 rings (SSSR count). The lowest BCUT2D eigenvalue weighted by Crippen LogP contribution is -2.31. The second-order valence-electron chi connectivity index (χ2n) is 12.2. The summed E-state index contributed by atoms with van der Waals surface area (Å²) in [6.45, 7) is 9.66. The van der Waals surface area contributed by atoms with Crippen molar-refractivity contribution >= 4 is 11.6 Å². The van der Waals surface area contributed by atoms with Crippen molar-refractivity contribution in [1.82, 2.24) is 9.80 Å². The molecule has 0 saturated heterocycles. The van der Waals surface area contributed by atoms with Gasteiger partial charge in [0.05, 0.1) is 20.3 Å². The van der Waals surface area contributed by atoms with Gasteiger partial charge in [0.1, 0.15) is 0 Å². The first-order chi connectivity index (χ1) is 22.6. The maximum atomic E-state index is 14.2. The van der Waals surface area contributed by atoms with E-state index in [4.69, 9.17) is 9.47 Å². The number of benzene rings is 4. The topological polar surface area (TPSA) is 45.2 Å². The van der Waals surface area contributed by atoms with Gasteiger partial charge in [-0.3, -0.25) is 9.69 Å². The Bertz CT molecular complexity index is 1490. The van der Waals surface area contributed by atoms with Crippen molar-refractivity contribution in [2.75, 3.05) is 38.8 Å². The maximum absolute atomic E-state index is 14.2. The minimum absolute atomic E-state index is 0.103. The van der Waals surface area contributed by atoms with Gasteiger partial charge < -0.3 is 19.3 Å². The first-order valence-corrected chi connectivity index (χ1v) is 16.8. The van der Waals surface area contributed by atoms with E-state index in [-0.39, 0.29) is 11.9 Å². The Morgan fingerprint density at radius 3 is 1.96 bits per heavy atom. The number of fused-ring (bicyclic) bond motifs is 1. The van der Waals surface area contributed by atoms with Gasteiger partial charge in [0.15, 0.2) is 11.5 Å². The number of ether oxygens (including phenoxy) is 2. The molecule has 46 heavy (non-hydrogen) atoms. The number of nitrogens with zero attached hydrogens (tertiary/aromatic N) is 3. The molecular weight excluding hydrogens is 570 g/mol. The Kier molecular flexibility index (Phi) is 11.7. The van der Waals surface area contributed by atoms with Crippen molar-refractivity contribution in [2.24, 2.45) is 0 Å². The highest BCUT2D eigenvalue weighted by Crippen LogP contribution is 2.40. The molecule has 0 aromatic heterocycles. The van der Waals surface area contributed by atoms with Crippen molar-refractivity contribution < 1.29 is 14.3 Å². The van der Waals surface area contributed by atoms with Crippen LogP contribution in [0.3, 0.4) is 0 Å². The lowest BCUT2D eigenvalue weighted by atomic mass is 9.99. The molecule has 1 amide bonds. The van der Waals surface area contributed by atoms with Gasteiger partial charge in [0, 0.05) is 49.5 Å². The van der Waals surface area contributed by atoms with Crippen LogP contribution in [0.25, 0.3) is 0 Å². The fourth-order valence-corrected chi connectivity index (χ4v) is 6.75. The molecule has 1 aliphatic rings. The Hall–Kier alpha value is -4.29. The molecule has 0 unspecified atom stereocenters. The standard InChI is InChI=1S/C40H49N3O3/c1-5-24-42(25-6-2)37-20-13-19-34-35(37)30-43(40(34)44)36(33-22-23-38(45-3)39(27-33)46-4)21-14-26-41(28-31-15-9-7-10-16-31)29-32-17-11-8-12-18-32/h7-13,15-20,22-23,27,36H,5-6,14,21,24-26,28-30H2,1-4H3/t36-/m1/s1. The third kappa shape index (κ3) is 7.91. The van der Waals surface area contributed by atoms with Crippen LogP contribution < -0.4 is 14.4 Å². The van der Waals surface area contributed by atoms with Crippen molar-refractivity contribution in [3.8, 4) is 11.5 Å². The molecule has 0 aliphatic carbocycles. The van der Waals surface area contributed by atoms with E-state index in [0.717, 1.165) is 75.1 Å². The molecule has 0 saturated carbocycles. The van der Waals surface area contributed by atoms with Crippen molar-refractivity contribution in [3.05, 3.63) is 125 Å². The van der Waals surface area contributed by atoms with Crippen LogP contribution in [0, 0.1) is 0 Å². The number of carbonyl (C=O) groups is 1. The first kappa shape index (κ1) is 33.1. The van der Waals surface area contributed by atoms with Crippen LogP contribution in [0.4, 0.5) is 5.69 Å². The van der Waals surface area contributed by atoms with Crippen LogP contribution in [0.15, 0.2) is 97.1 Å². The molecule has 4 aromatic carbocycles. The molecule has 0 spiro atoms. The van der Waals surface area contributed by atoms with Crippen molar-refractivity contribution in [2.45, 2.75) is 65.2 Å². The van der Waals surface area contributed by atoms with Crippen molar-refractivity contribution in [3.63, 3.8) is 0 Å². The number of amides is 1. The monoisotopic (exact) mass is 619 g/mol. The van der Waals surface area contributed by atoms with Crippen LogP contribution in [0.1, 0.15) is 78.2 Å². The first-order valence-electron chi connectivity index (χ1n) is 16.8. The van der Waals surface area contributed by atoms with E-state index in [1.165, 1.54) is 16.8 Å². The highest BCUT2D eigenvalue weighted by Gasteiger charge is 2.36. The molecule has 6 heteroatoms. The summed E-state index contributed by atoms with van der Waals surface area (Å²) in [5, 5.41) is 0. The summed E-state index contributed by atoms with van der Waals surface area (Å²) in [6, 6.07) is 33.6. The number of hydrogen-bond donors (Lipinski definition) is 0. The highest BCUT2D eigenvalue weighted by atomic mass is 16.5. The Balaban J connectivity index is 1.42. The highest BCUT2D eigenvalue weighted by molar-refractivity contribution is 6.00. The van der Waals surface area contributed by atoms with Crippen molar-refractivity contribution in [1.29, 1.82) is 0 Å². The predicted molar refractivity (Wildman–Crippen MR) is 188 cm³/mol. The average Bonchev–Trinajstić information content (AvgIpc) is 3.43. The molecule has 0 N–H and O–H groups in total. The third-order valence-electron chi connectivity index (χ3n) is 8.92. The molecule has 0 bridgehead atoms. The second-order valence-corrected chi connectivity index (χ2v) is 12.2. The van der Waals surface area contributed by atoms with E-state index in [9.17, 15) is 4.79 Å². The fourth-order valence-electron chi connectivity index (χ4n) is 6.75. The molecule has 4 aromatic rings. The molecule has 0 radical (unpaired) electrons. The third-order valence-corrected chi connectivity index (χ3v) is 8.92. The molecule has 1 atom stereocenters. The maximum Gasteiger partial charge on any atom is 0.255 e. The Labute approximate surface area is 275 Å². The summed E-state index contributed by atoms with van der Waals surface area (Å²) < 4.78 is 11.3. The van der Waals surface area contributed by atoms with E-state index >= 15 is 0 Å². The number of anilines is 1. The molecule has 1 heterocycles. The van der Waals surface area contributed by atoms with E-state index < -0.39 is 0 Å². The van der Waals surface area contributed by atoms with Gasteiger partial charge in [-0.05, 0) is 73.2 Å². The van der Waals surface area contributed by atoms with E-state index in [1.807, 2.05) is 24.3 Å². The summed E-state index contributed by atoms with van der Waals surface area (Å²) in [5.41, 5.74) is 6.84. The second kappa shape index (κ2) is 16.3. The van der Waals surface area contributed by atoms with Crippen LogP contribution in [0.2, 0.25) is 0 Å². The molecule has 0 fully saturated rings. The van der Waals surface area contributed by atoms with Crippen LogP contribution in [-0.2, 0) is 19.6 Å². The minimum Gasteiger partial charge on any atom is -0.493 e. The van der Waals surface area contributed by atoms with E-state index in [1.54, 1.807) is 14.2 Å². The van der Waals surface area contributed by atoms with Crippen LogP contribution >= 0.6 is 0 Å². The molecule has 1 aliphatic heterocycles. The van der Waals surface area contributed by atoms with E-state index in [2.05, 4.69) is 101 Å². The normalized spacial score (nSPS) is 13.2. The lowest BCUT2D eigenvalue weighted by molar-refractivity contribution is 0.0684. The summed E-state index contributed by atoms with van der Waals surface area (Å²) in [6.07, 6.45) is 3.90.